The van der Waals surface area contributed by atoms with Crippen molar-refractivity contribution in [3.63, 3.8) is 0 Å². The lowest BCUT2D eigenvalue weighted by Crippen LogP contribution is -2.01. The predicted molar refractivity (Wildman–Crippen MR) is 53.2 cm³/mol. The smallest absolute Gasteiger partial charge is 0.184 e. The van der Waals surface area contributed by atoms with Crippen LogP contribution >= 0.6 is 0 Å². The van der Waals surface area contributed by atoms with Crippen LogP contribution in [0.1, 0.15) is 13.8 Å². The highest BCUT2D eigenvalue weighted by atomic mass is 16.5. The van der Waals surface area contributed by atoms with Gasteiger partial charge in [-0.05, 0) is 26.0 Å². The average Bonchev–Trinajstić information content (AvgIpc) is 2.11. The molecule has 72 valence electrons. The summed E-state index contributed by atoms with van der Waals surface area (Å²) in [6.45, 7) is 5.05. The molecule has 0 aliphatic rings. The van der Waals surface area contributed by atoms with Gasteiger partial charge in [-0.25, -0.2) is 0 Å². The maximum absolute atomic E-state index is 5.73. The van der Waals surface area contributed by atoms with Gasteiger partial charge in [0.25, 0.3) is 0 Å². The number of para-hydroxylation sites is 1. The van der Waals surface area contributed by atoms with Crippen LogP contribution in [0.3, 0.4) is 0 Å². The average molecular weight is 181 g/mol. The van der Waals surface area contributed by atoms with Crippen molar-refractivity contribution >= 4 is 5.69 Å². The molecule has 0 saturated heterocycles. The lowest BCUT2D eigenvalue weighted by Gasteiger charge is -2.12. The summed E-state index contributed by atoms with van der Waals surface area (Å²) in [5.41, 5.74) is 6.35. The van der Waals surface area contributed by atoms with E-state index < -0.39 is 0 Å². The normalized spacial score (nSPS) is 9.69. The Bertz CT molecular complexity index is 274. The van der Waals surface area contributed by atoms with Crippen LogP contribution in [-0.2, 0) is 0 Å². The zero-order chi connectivity index (χ0) is 9.68. The summed E-state index contributed by atoms with van der Waals surface area (Å²) >= 11 is 0. The van der Waals surface area contributed by atoms with Crippen molar-refractivity contribution in [1.29, 1.82) is 0 Å². The van der Waals surface area contributed by atoms with Gasteiger partial charge in [-0.15, -0.1) is 0 Å². The van der Waals surface area contributed by atoms with Crippen LogP contribution in [0, 0.1) is 0 Å². The fourth-order valence-electron chi connectivity index (χ4n) is 1.10. The molecule has 3 nitrogen and oxygen atoms in total. The molecule has 0 radical (unpaired) electrons. The molecule has 0 fully saturated rings. The molecule has 0 bridgehead atoms. The predicted octanol–water partition coefficient (Wildman–Crippen LogP) is 2.07. The first-order valence-corrected chi connectivity index (χ1v) is 4.43. The molecule has 0 aliphatic heterocycles. The van der Waals surface area contributed by atoms with Crippen molar-refractivity contribution in [2.24, 2.45) is 0 Å². The van der Waals surface area contributed by atoms with E-state index >= 15 is 0 Å². The Balaban J connectivity index is 2.95. The maximum Gasteiger partial charge on any atom is 0.184 e. The SMILES string of the molecule is CCOc1cccc(N)c1OCC. The molecule has 0 unspecified atom stereocenters. The Morgan fingerprint density at radius 3 is 2.46 bits per heavy atom. The second-order valence-electron chi connectivity index (χ2n) is 2.54. The van der Waals surface area contributed by atoms with Crippen LogP contribution < -0.4 is 15.2 Å². The van der Waals surface area contributed by atoms with Crippen LogP contribution in [0.25, 0.3) is 0 Å². The molecule has 0 aliphatic carbocycles. The fourth-order valence-corrected chi connectivity index (χ4v) is 1.10. The van der Waals surface area contributed by atoms with E-state index in [4.69, 9.17) is 15.2 Å². The third-order valence-corrected chi connectivity index (χ3v) is 1.60. The minimum absolute atomic E-state index is 0.592. The number of ether oxygens (including phenoxy) is 2. The molecule has 0 heterocycles. The highest BCUT2D eigenvalue weighted by molar-refractivity contribution is 5.60. The Morgan fingerprint density at radius 2 is 1.85 bits per heavy atom. The van der Waals surface area contributed by atoms with Crippen LogP contribution in [0.15, 0.2) is 18.2 Å². The van der Waals surface area contributed by atoms with Crippen molar-refractivity contribution in [2.45, 2.75) is 13.8 Å². The van der Waals surface area contributed by atoms with E-state index in [0.717, 1.165) is 0 Å². The van der Waals surface area contributed by atoms with Crippen LogP contribution in [-0.4, -0.2) is 13.2 Å². The number of anilines is 1. The number of benzene rings is 1. The molecule has 0 saturated carbocycles. The third kappa shape index (κ3) is 2.28. The van der Waals surface area contributed by atoms with Crippen molar-refractivity contribution < 1.29 is 9.47 Å². The number of hydrogen-bond donors (Lipinski definition) is 1. The van der Waals surface area contributed by atoms with Gasteiger partial charge in [-0.3, -0.25) is 0 Å². The lowest BCUT2D eigenvalue weighted by molar-refractivity contribution is 0.289. The van der Waals surface area contributed by atoms with Gasteiger partial charge in [0, 0.05) is 0 Å². The number of nitrogen functional groups attached to an aromatic ring is 1. The van der Waals surface area contributed by atoms with Gasteiger partial charge in [-0.2, -0.15) is 0 Å². The van der Waals surface area contributed by atoms with E-state index in [-0.39, 0.29) is 0 Å². The summed E-state index contributed by atoms with van der Waals surface area (Å²) in [5, 5.41) is 0. The molecule has 1 rings (SSSR count). The standard InChI is InChI=1S/C10H15NO2/c1-3-12-9-7-5-6-8(11)10(9)13-4-2/h5-7H,3-4,11H2,1-2H3. The van der Waals surface area contributed by atoms with Crippen LogP contribution in [0.5, 0.6) is 11.5 Å². The summed E-state index contributed by atoms with van der Waals surface area (Å²) in [5.74, 6) is 1.36. The summed E-state index contributed by atoms with van der Waals surface area (Å²) in [6, 6.07) is 5.50. The lowest BCUT2D eigenvalue weighted by atomic mass is 10.3. The monoisotopic (exact) mass is 181 g/mol. The third-order valence-electron chi connectivity index (χ3n) is 1.60. The number of nitrogens with two attached hydrogens (primary N) is 1. The van der Waals surface area contributed by atoms with Gasteiger partial charge in [0.1, 0.15) is 0 Å². The second-order valence-corrected chi connectivity index (χ2v) is 2.54. The Kier molecular flexibility index (Phi) is 3.43. The first kappa shape index (κ1) is 9.71. The Hall–Kier alpha value is -1.38. The summed E-state index contributed by atoms with van der Waals surface area (Å²) in [4.78, 5) is 0. The molecule has 1 aromatic carbocycles. The Morgan fingerprint density at radius 1 is 1.15 bits per heavy atom. The molecule has 2 N–H and O–H groups in total. The molecule has 1 aromatic rings. The van der Waals surface area contributed by atoms with Crippen molar-refractivity contribution in [2.75, 3.05) is 18.9 Å². The van der Waals surface area contributed by atoms with Gasteiger partial charge >= 0.3 is 0 Å². The van der Waals surface area contributed by atoms with E-state index in [9.17, 15) is 0 Å². The van der Waals surface area contributed by atoms with Crippen molar-refractivity contribution in [3.05, 3.63) is 18.2 Å². The molecule has 0 atom stereocenters. The number of hydrogen-bond acceptors (Lipinski definition) is 3. The summed E-state index contributed by atoms with van der Waals surface area (Å²) < 4.78 is 10.7. The fraction of sp³-hybridized carbons (Fsp3) is 0.400. The zero-order valence-corrected chi connectivity index (χ0v) is 8.04. The van der Waals surface area contributed by atoms with E-state index in [1.807, 2.05) is 26.0 Å². The topological polar surface area (TPSA) is 44.5 Å². The molecule has 0 aromatic heterocycles. The van der Waals surface area contributed by atoms with E-state index in [1.54, 1.807) is 6.07 Å². The second kappa shape index (κ2) is 4.60. The summed E-state index contributed by atoms with van der Waals surface area (Å²) in [7, 11) is 0. The van der Waals surface area contributed by atoms with Gasteiger partial charge < -0.3 is 15.2 Å². The first-order valence-electron chi connectivity index (χ1n) is 4.43. The molecular weight excluding hydrogens is 166 g/mol. The van der Waals surface area contributed by atoms with Crippen LogP contribution in [0.2, 0.25) is 0 Å². The minimum Gasteiger partial charge on any atom is -0.490 e. The van der Waals surface area contributed by atoms with Crippen molar-refractivity contribution in [3.8, 4) is 11.5 Å². The largest absolute Gasteiger partial charge is 0.490 e. The van der Waals surface area contributed by atoms with Gasteiger partial charge in [-0.1, -0.05) is 6.07 Å². The van der Waals surface area contributed by atoms with Gasteiger partial charge in [0.05, 0.1) is 18.9 Å². The molecule has 3 heteroatoms. The Labute approximate surface area is 78.5 Å². The molecular formula is C10H15NO2. The summed E-state index contributed by atoms with van der Waals surface area (Å²) in [6.07, 6.45) is 0. The molecule has 0 spiro atoms. The zero-order valence-electron chi connectivity index (χ0n) is 8.04. The van der Waals surface area contributed by atoms with E-state index in [2.05, 4.69) is 0 Å². The van der Waals surface area contributed by atoms with Gasteiger partial charge in [0.2, 0.25) is 0 Å². The van der Waals surface area contributed by atoms with E-state index in [1.165, 1.54) is 0 Å². The van der Waals surface area contributed by atoms with Crippen LogP contribution in [0.4, 0.5) is 5.69 Å². The minimum atomic E-state index is 0.592. The quantitative estimate of drug-likeness (QED) is 0.723. The first-order chi connectivity index (χ1) is 6.29. The number of rotatable bonds is 4. The molecule has 0 amide bonds. The van der Waals surface area contributed by atoms with Crippen molar-refractivity contribution in [1.82, 2.24) is 0 Å². The van der Waals surface area contributed by atoms with E-state index in [0.29, 0.717) is 30.4 Å². The molecule has 13 heavy (non-hydrogen) atoms. The maximum atomic E-state index is 5.73. The highest BCUT2D eigenvalue weighted by Gasteiger charge is 2.06. The highest BCUT2D eigenvalue weighted by Crippen LogP contribution is 2.32. The van der Waals surface area contributed by atoms with Gasteiger partial charge in [0.15, 0.2) is 11.5 Å².